The Balaban J connectivity index is 1.97. The van der Waals surface area contributed by atoms with Crippen molar-refractivity contribution in [1.82, 2.24) is 4.57 Å². The lowest BCUT2D eigenvalue weighted by atomic mass is 10.1. The number of alkyl halides is 3. The number of halogens is 3. The second kappa shape index (κ2) is 9.52. The summed E-state index contributed by atoms with van der Waals surface area (Å²) in [7, 11) is 1.29. The van der Waals surface area contributed by atoms with E-state index in [1.54, 1.807) is 36.6 Å². The number of hydrogen-bond donors (Lipinski definition) is 1. The van der Waals surface area contributed by atoms with Crippen molar-refractivity contribution in [3.63, 3.8) is 0 Å². The number of esters is 1. The Labute approximate surface area is 183 Å². The third-order valence-corrected chi connectivity index (χ3v) is 5.17. The summed E-state index contributed by atoms with van der Waals surface area (Å²) < 4.78 is 54.4. The van der Waals surface area contributed by atoms with Crippen LogP contribution in [0.2, 0.25) is 0 Å². The summed E-state index contributed by atoms with van der Waals surface area (Å²) in [4.78, 5) is 11.8. The van der Waals surface area contributed by atoms with Crippen LogP contribution in [0, 0.1) is 6.92 Å². The number of hydrogen-bond acceptors (Lipinski definition) is 5. The highest BCUT2D eigenvalue weighted by Gasteiger charge is 2.31. The molecule has 0 saturated carbocycles. The molecule has 2 aromatic carbocycles. The number of carbonyl (C=O) groups is 1. The smallest absolute Gasteiger partial charge is 0.479 e. The van der Waals surface area contributed by atoms with Crippen molar-refractivity contribution < 1.29 is 37.3 Å². The van der Waals surface area contributed by atoms with Gasteiger partial charge in [-0.3, -0.25) is 0 Å². The Morgan fingerprint density at radius 3 is 2.53 bits per heavy atom. The van der Waals surface area contributed by atoms with E-state index in [1.165, 1.54) is 25.3 Å². The minimum absolute atomic E-state index is 0.255. The molecule has 0 aliphatic heterocycles. The maximum atomic E-state index is 12.7. The van der Waals surface area contributed by atoms with Crippen LogP contribution in [0.25, 0.3) is 10.9 Å². The molecule has 3 rings (SSSR count). The average Bonchev–Trinajstić information content (AvgIpc) is 3.01. The molecule has 9 heteroatoms. The maximum absolute atomic E-state index is 12.7. The fourth-order valence-corrected chi connectivity index (χ4v) is 3.62. The van der Waals surface area contributed by atoms with Gasteiger partial charge in [0.05, 0.1) is 19.2 Å². The van der Waals surface area contributed by atoms with Crippen molar-refractivity contribution in [3.05, 3.63) is 59.3 Å². The van der Waals surface area contributed by atoms with Crippen molar-refractivity contribution >= 4 is 16.9 Å². The van der Waals surface area contributed by atoms with Gasteiger partial charge in [-0.2, -0.15) is 0 Å². The van der Waals surface area contributed by atoms with E-state index in [0.29, 0.717) is 35.2 Å². The molecule has 1 N–H and O–H groups in total. The first-order valence-corrected chi connectivity index (χ1v) is 9.98. The minimum atomic E-state index is -4.80. The molecule has 0 fully saturated rings. The average molecular weight is 451 g/mol. The van der Waals surface area contributed by atoms with Crippen LogP contribution in [0.5, 0.6) is 11.5 Å². The van der Waals surface area contributed by atoms with Crippen LogP contribution in [0.4, 0.5) is 13.2 Å². The van der Waals surface area contributed by atoms with Crippen LogP contribution in [-0.4, -0.2) is 35.2 Å². The molecule has 0 radical (unpaired) electrons. The van der Waals surface area contributed by atoms with Gasteiger partial charge in [-0.15, -0.1) is 13.2 Å². The summed E-state index contributed by atoms with van der Waals surface area (Å²) in [5.74, 6) is -0.346. The predicted octanol–water partition coefficient (Wildman–Crippen LogP) is 4.72. The van der Waals surface area contributed by atoms with Crippen LogP contribution in [-0.2, 0) is 22.7 Å². The van der Waals surface area contributed by atoms with Crippen molar-refractivity contribution in [2.75, 3.05) is 7.11 Å². The molecule has 0 spiro atoms. The van der Waals surface area contributed by atoms with E-state index in [9.17, 15) is 23.1 Å². The Morgan fingerprint density at radius 2 is 1.91 bits per heavy atom. The lowest BCUT2D eigenvalue weighted by Crippen LogP contribution is -2.27. The van der Waals surface area contributed by atoms with Crippen LogP contribution in [0.1, 0.15) is 30.2 Å². The Hall–Kier alpha value is -3.20. The highest BCUT2D eigenvalue weighted by Crippen LogP contribution is 2.32. The van der Waals surface area contributed by atoms with E-state index in [4.69, 9.17) is 9.47 Å². The van der Waals surface area contributed by atoms with Crippen LogP contribution < -0.4 is 9.47 Å². The third kappa shape index (κ3) is 5.16. The number of aliphatic hydroxyl groups excluding tert-OH is 1. The monoisotopic (exact) mass is 451 g/mol. The van der Waals surface area contributed by atoms with E-state index in [2.05, 4.69) is 4.74 Å². The number of carbonyl (C=O) groups excluding carboxylic acids is 1. The molecule has 0 amide bonds. The first kappa shape index (κ1) is 23.5. The summed E-state index contributed by atoms with van der Waals surface area (Å²) in [5, 5.41) is 10.5. The van der Waals surface area contributed by atoms with E-state index in [-0.39, 0.29) is 12.4 Å². The Morgan fingerprint density at radius 1 is 1.16 bits per heavy atom. The molecule has 0 aliphatic rings. The zero-order chi connectivity index (χ0) is 23.5. The van der Waals surface area contributed by atoms with Gasteiger partial charge in [0.25, 0.3) is 0 Å². The van der Waals surface area contributed by atoms with Crippen molar-refractivity contribution in [2.24, 2.45) is 0 Å². The van der Waals surface area contributed by atoms with E-state index in [0.717, 1.165) is 11.3 Å². The summed E-state index contributed by atoms with van der Waals surface area (Å²) >= 11 is 0. The zero-order valence-electron chi connectivity index (χ0n) is 17.9. The molecule has 0 aliphatic carbocycles. The number of ether oxygens (including phenoxy) is 3. The number of rotatable bonds is 8. The fourth-order valence-electron chi connectivity index (χ4n) is 3.62. The molecule has 32 heavy (non-hydrogen) atoms. The quantitative estimate of drug-likeness (QED) is 0.502. The van der Waals surface area contributed by atoms with E-state index < -0.39 is 18.4 Å². The van der Waals surface area contributed by atoms with E-state index >= 15 is 0 Å². The molecule has 1 heterocycles. The topological polar surface area (TPSA) is 69.9 Å². The lowest BCUT2D eigenvalue weighted by Gasteiger charge is -2.16. The normalized spacial score (nSPS) is 12.6. The van der Waals surface area contributed by atoms with Gasteiger partial charge in [-0.25, -0.2) is 4.79 Å². The number of aromatic nitrogens is 1. The number of nitrogens with zero attached hydrogens (tertiary/aromatic N) is 1. The van der Waals surface area contributed by atoms with Gasteiger partial charge >= 0.3 is 12.3 Å². The summed E-state index contributed by atoms with van der Waals surface area (Å²) in [6.45, 7) is 3.65. The van der Waals surface area contributed by atoms with Gasteiger partial charge in [0.15, 0.2) is 6.10 Å². The summed E-state index contributed by atoms with van der Waals surface area (Å²) in [5.41, 5.74) is 2.65. The molecule has 1 aromatic heterocycles. The highest BCUT2D eigenvalue weighted by molar-refractivity contribution is 5.86. The molecule has 3 aromatic rings. The van der Waals surface area contributed by atoms with Gasteiger partial charge in [0.1, 0.15) is 11.5 Å². The van der Waals surface area contributed by atoms with Crippen molar-refractivity contribution in [2.45, 2.75) is 45.9 Å². The van der Waals surface area contributed by atoms with Gasteiger partial charge in [-0.1, -0.05) is 19.1 Å². The maximum Gasteiger partial charge on any atom is 0.573 e. The number of methoxy groups -OCH3 is 1. The first-order valence-electron chi connectivity index (χ1n) is 9.98. The van der Waals surface area contributed by atoms with Gasteiger partial charge in [0.2, 0.25) is 0 Å². The highest BCUT2D eigenvalue weighted by atomic mass is 19.4. The lowest BCUT2D eigenvalue weighted by molar-refractivity contribution is -0.274. The molecule has 6 nitrogen and oxygen atoms in total. The standard InChI is InChI=1S/C23H24F3NO5/c1-4-21(22(29)30-3)31-16-7-5-6-15(10-16)12-27-14(2)19(13-28)18-9-8-17(11-20(18)27)32-23(24,25)26/h5-11,21,28H,4,12-13H2,1-3H3/t21-/m1/s1. The van der Waals surface area contributed by atoms with Gasteiger partial charge in [-0.05, 0) is 43.2 Å². The molecular formula is C23H24F3NO5. The zero-order valence-corrected chi connectivity index (χ0v) is 17.9. The minimum Gasteiger partial charge on any atom is -0.479 e. The van der Waals surface area contributed by atoms with Gasteiger partial charge < -0.3 is 23.9 Å². The Bertz CT molecular complexity index is 1110. The number of aliphatic hydroxyl groups is 1. The third-order valence-electron chi connectivity index (χ3n) is 5.17. The molecular weight excluding hydrogens is 427 g/mol. The fraction of sp³-hybridized carbons (Fsp3) is 0.348. The molecule has 1 atom stereocenters. The molecule has 0 bridgehead atoms. The second-order valence-electron chi connectivity index (χ2n) is 7.22. The second-order valence-corrected chi connectivity index (χ2v) is 7.22. The van der Waals surface area contributed by atoms with Crippen LogP contribution >= 0.6 is 0 Å². The molecule has 172 valence electrons. The largest absolute Gasteiger partial charge is 0.573 e. The molecule has 0 saturated heterocycles. The predicted molar refractivity (Wildman–Crippen MR) is 112 cm³/mol. The van der Waals surface area contributed by atoms with Crippen molar-refractivity contribution in [1.29, 1.82) is 0 Å². The van der Waals surface area contributed by atoms with Crippen LogP contribution in [0.15, 0.2) is 42.5 Å². The van der Waals surface area contributed by atoms with Crippen molar-refractivity contribution in [3.8, 4) is 11.5 Å². The molecule has 0 unspecified atom stereocenters. The van der Waals surface area contributed by atoms with Crippen LogP contribution in [0.3, 0.4) is 0 Å². The number of benzene rings is 2. The Kier molecular flexibility index (Phi) is 6.98. The first-order chi connectivity index (χ1) is 15.2. The SMILES string of the molecule is CC[C@@H](Oc1cccc(Cn2c(C)c(CO)c3ccc(OC(F)(F)F)cc32)c1)C(=O)OC. The number of fused-ring (bicyclic) bond motifs is 1. The summed E-state index contributed by atoms with van der Waals surface area (Å²) in [6, 6.07) is 11.1. The van der Waals surface area contributed by atoms with Gasteiger partial charge in [0, 0.05) is 29.3 Å². The summed E-state index contributed by atoms with van der Waals surface area (Å²) in [6.07, 6.45) is -5.12. The van der Waals surface area contributed by atoms with E-state index in [1.807, 2.05) is 6.07 Å².